The number of phosphoric acid groups is 1. The van der Waals surface area contributed by atoms with Crippen LogP contribution in [0.25, 0.3) is 11.2 Å². The first-order chi connectivity index (χ1) is 10.7. The second kappa shape index (κ2) is 5.37. The van der Waals surface area contributed by atoms with Crippen LogP contribution >= 0.6 is 7.82 Å². The number of nitrogens with two attached hydrogens (primary N) is 1. The fourth-order valence-electron chi connectivity index (χ4n) is 2.40. The van der Waals surface area contributed by atoms with Crippen LogP contribution in [0.3, 0.4) is 0 Å². The Balaban J connectivity index is 1.94. The van der Waals surface area contributed by atoms with Crippen LogP contribution in [-0.2, 0) is 13.8 Å². The van der Waals surface area contributed by atoms with Crippen molar-refractivity contribution in [1.29, 1.82) is 0 Å². The van der Waals surface area contributed by atoms with Crippen molar-refractivity contribution in [2.45, 2.75) is 19.6 Å². The van der Waals surface area contributed by atoms with Crippen LogP contribution in [0.15, 0.2) is 23.1 Å². The third kappa shape index (κ3) is 3.07. The summed E-state index contributed by atoms with van der Waals surface area (Å²) >= 11 is 0. The number of nitrogens with zero attached hydrogens (tertiary/aromatic N) is 3. The first-order valence-corrected chi connectivity index (χ1v) is 8.09. The van der Waals surface area contributed by atoms with Crippen LogP contribution in [0.2, 0.25) is 0 Å². The number of aromatic amines is 1. The van der Waals surface area contributed by atoms with Gasteiger partial charge in [-0.15, -0.1) is 0 Å². The van der Waals surface area contributed by atoms with Crippen molar-refractivity contribution in [3.63, 3.8) is 0 Å². The SMILES string of the molecule is C[C@H]1C/C(=C\OP(=O)(O)O)O[C@H]1n1cnc2c(=O)[nH]c(N)nc21. The molecule has 23 heavy (non-hydrogen) atoms. The van der Waals surface area contributed by atoms with E-state index in [1.165, 1.54) is 6.33 Å². The first kappa shape index (κ1) is 15.5. The molecule has 124 valence electrons. The van der Waals surface area contributed by atoms with E-state index in [0.29, 0.717) is 6.42 Å². The summed E-state index contributed by atoms with van der Waals surface area (Å²) in [6.45, 7) is 1.87. The number of imidazole rings is 1. The minimum Gasteiger partial charge on any atom is -0.471 e. The molecule has 1 aliphatic heterocycles. The van der Waals surface area contributed by atoms with E-state index in [9.17, 15) is 9.36 Å². The van der Waals surface area contributed by atoms with E-state index < -0.39 is 19.6 Å². The molecule has 1 saturated heterocycles. The van der Waals surface area contributed by atoms with Gasteiger partial charge in [0.05, 0.1) is 0 Å². The number of H-pyrrole nitrogens is 1. The lowest BCUT2D eigenvalue weighted by atomic mass is 10.1. The van der Waals surface area contributed by atoms with Crippen molar-refractivity contribution in [2.75, 3.05) is 5.73 Å². The van der Waals surface area contributed by atoms with E-state index in [4.69, 9.17) is 20.3 Å². The van der Waals surface area contributed by atoms with Gasteiger partial charge in [0.1, 0.15) is 18.3 Å². The maximum atomic E-state index is 11.8. The lowest BCUT2D eigenvalue weighted by molar-refractivity contribution is 0.0700. The average Bonchev–Trinajstić information content (AvgIpc) is 2.99. The summed E-state index contributed by atoms with van der Waals surface area (Å²) in [5.41, 5.74) is 5.47. The number of hydrogen-bond donors (Lipinski definition) is 4. The maximum Gasteiger partial charge on any atom is 0.524 e. The Hall–Kier alpha value is -2.36. The second-order valence-electron chi connectivity index (χ2n) is 5.15. The molecule has 0 unspecified atom stereocenters. The Labute approximate surface area is 129 Å². The summed E-state index contributed by atoms with van der Waals surface area (Å²) in [7, 11) is -4.62. The maximum absolute atomic E-state index is 11.8. The van der Waals surface area contributed by atoms with E-state index in [-0.39, 0.29) is 28.8 Å². The quantitative estimate of drug-likeness (QED) is 0.450. The Morgan fingerprint density at radius 2 is 2.35 bits per heavy atom. The highest BCUT2D eigenvalue weighted by molar-refractivity contribution is 7.46. The Morgan fingerprint density at radius 1 is 1.61 bits per heavy atom. The lowest BCUT2D eigenvalue weighted by Crippen LogP contribution is -2.16. The average molecular weight is 343 g/mol. The van der Waals surface area contributed by atoms with Crippen molar-refractivity contribution >= 4 is 24.9 Å². The molecular weight excluding hydrogens is 329 g/mol. The summed E-state index contributed by atoms with van der Waals surface area (Å²) in [6.07, 6.45) is 2.13. The monoisotopic (exact) mass is 343 g/mol. The zero-order valence-electron chi connectivity index (χ0n) is 11.9. The minimum atomic E-state index is -4.62. The van der Waals surface area contributed by atoms with Crippen LogP contribution in [0, 0.1) is 5.92 Å². The zero-order valence-corrected chi connectivity index (χ0v) is 12.8. The minimum absolute atomic E-state index is 0.0458. The third-order valence-electron chi connectivity index (χ3n) is 3.33. The number of hydrogen-bond acceptors (Lipinski definition) is 7. The molecule has 0 amide bonds. The van der Waals surface area contributed by atoms with Gasteiger partial charge in [-0.2, -0.15) is 4.98 Å². The summed E-state index contributed by atoms with van der Waals surface area (Å²) in [5, 5.41) is 0. The number of allylic oxidation sites excluding steroid dienone is 1. The number of nitrogen functional groups attached to an aromatic ring is 1. The van der Waals surface area contributed by atoms with Gasteiger partial charge in [0.25, 0.3) is 5.56 Å². The van der Waals surface area contributed by atoms with Crippen LogP contribution in [-0.4, -0.2) is 29.3 Å². The highest BCUT2D eigenvalue weighted by Crippen LogP contribution is 2.41. The Bertz CT molecular complexity index is 883. The molecule has 11 nitrogen and oxygen atoms in total. The molecule has 2 aromatic heterocycles. The molecule has 0 spiro atoms. The predicted octanol–water partition coefficient (Wildman–Crippen LogP) is 0.207. The largest absolute Gasteiger partial charge is 0.524 e. The third-order valence-corrected chi connectivity index (χ3v) is 3.71. The lowest BCUT2D eigenvalue weighted by Gasteiger charge is -2.16. The molecule has 2 atom stereocenters. The Morgan fingerprint density at radius 3 is 3.04 bits per heavy atom. The standard InChI is InChI=1S/C11H14N5O6P/c1-5-2-6(3-21-23(18,19)20)22-10(5)16-4-13-7-8(16)14-11(12)15-9(7)17/h3-5,10H,2H2,1H3,(H2,18,19,20)(H3,12,14,15,17)/b6-3+/t5-,10+/m0/s1. The molecule has 1 fully saturated rings. The highest BCUT2D eigenvalue weighted by Gasteiger charge is 2.33. The van der Waals surface area contributed by atoms with Crippen molar-refractivity contribution in [1.82, 2.24) is 19.5 Å². The molecule has 0 saturated carbocycles. The zero-order chi connectivity index (χ0) is 16.8. The van der Waals surface area contributed by atoms with Gasteiger partial charge in [0.15, 0.2) is 17.4 Å². The molecule has 0 aromatic carbocycles. The van der Waals surface area contributed by atoms with Gasteiger partial charge >= 0.3 is 7.82 Å². The number of rotatable bonds is 3. The number of fused-ring (bicyclic) bond motifs is 1. The molecule has 3 heterocycles. The smallest absolute Gasteiger partial charge is 0.471 e. The number of anilines is 1. The van der Waals surface area contributed by atoms with Gasteiger partial charge in [-0.05, 0) is 0 Å². The number of aromatic nitrogens is 4. The number of ether oxygens (including phenoxy) is 1. The summed E-state index contributed by atoms with van der Waals surface area (Å²) in [6, 6.07) is 0. The van der Waals surface area contributed by atoms with Gasteiger partial charge in [-0.25, -0.2) is 9.55 Å². The fraction of sp³-hybridized carbons (Fsp3) is 0.364. The van der Waals surface area contributed by atoms with Crippen LogP contribution in [0.4, 0.5) is 5.95 Å². The normalized spacial score (nSPS) is 23.3. The Kier molecular flexibility index (Phi) is 3.63. The predicted molar refractivity (Wildman–Crippen MR) is 77.7 cm³/mol. The molecule has 1 aliphatic rings. The summed E-state index contributed by atoms with van der Waals surface area (Å²) in [4.78, 5) is 39.6. The van der Waals surface area contributed by atoms with Crippen molar-refractivity contribution in [2.24, 2.45) is 5.92 Å². The molecule has 0 bridgehead atoms. The van der Waals surface area contributed by atoms with Gasteiger partial charge < -0.3 is 15.0 Å². The van der Waals surface area contributed by atoms with E-state index in [1.54, 1.807) is 4.57 Å². The first-order valence-electron chi connectivity index (χ1n) is 6.56. The van der Waals surface area contributed by atoms with Crippen LogP contribution < -0.4 is 11.3 Å². The van der Waals surface area contributed by atoms with Gasteiger partial charge in [-0.3, -0.25) is 24.1 Å². The number of phosphoric ester groups is 1. The van der Waals surface area contributed by atoms with Crippen molar-refractivity contribution in [3.8, 4) is 0 Å². The molecule has 5 N–H and O–H groups in total. The van der Waals surface area contributed by atoms with E-state index >= 15 is 0 Å². The second-order valence-corrected chi connectivity index (χ2v) is 6.34. The summed E-state index contributed by atoms with van der Waals surface area (Å²) in [5.74, 6) is 0.155. The number of nitrogens with one attached hydrogen (secondary N) is 1. The molecule has 0 aliphatic carbocycles. The molecule has 12 heteroatoms. The topological polar surface area (TPSA) is 166 Å². The van der Waals surface area contributed by atoms with Crippen molar-refractivity contribution in [3.05, 3.63) is 28.7 Å². The van der Waals surface area contributed by atoms with Crippen molar-refractivity contribution < 1.29 is 23.6 Å². The molecule has 0 radical (unpaired) electrons. The summed E-state index contributed by atoms with van der Waals surface area (Å²) < 4.78 is 22.2. The van der Waals surface area contributed by atoms with E-state index in [0.717, 1.165) is 6.26 Å². The van der Waals surface area contributed by atoms with Gasteiger partial charge in [0, 0.05) is 12.3 Å². The van der Waals surface area contributed by atoms with Gasteiger partial charge in [0.2, 0.25) is 5.95 Å². The fourth-order valence-corrected chi connectivity index (χ4v) is 2.66. The van der Waals surface area contributed by atoms with E-state index in [1.807, 2.05) is 6.92 Å². The highest BCUT2D eigenvalue weighted by atomic mass is 31.2. The molecule has 3 rings (SSSR count). The molecule has 2 aromatic rings. The van der Waals surface area contributed by atoms with Gasteiger partial charge in [-0.1, -0.05) is 6.92 Å². The van der Waals surface area contributed by atoms with Crippen LogP contribution in [0.1, 0.15) is 19.6 Å². The molecular formula is C11H14N5O6P. The van der Waals surface area contributed by atoms with E-state index in [2.05, 4.69) is 19.5 Å². The van der Waals surface area contributed by atoms with Crippen LogP contribution in [0.5, 0.6) is 0 Å².